The number of furan rings is 1. The van der Waals surface area contributed by atoms with Crippen LogP contribution in [0.4, 0.5) is 0 Å². The molecule has 0 bridgehead atoms. The first kappa shape index (κ1) is 11.7. The molecule has 2 N–H and O–H groups in total. The topological polar surface area (TPSA) is 39.2 Å². The molecule has 1 aliphatic rings. The van der Waals surface area contributed by atoms with E-state index in [9.17, 15) is 0 Å². The van der Waals surface area contributed by atoms with Crippen molar-refractivity contribution >= 4 is 0 Å². The Kier molecular flexibility index (Phi) is 3.11. The SMILES string of the molecule is CC1CCC(C(C)(C)c2ccoc2)C(N)C1. The van der Waals surface area contributed by atoms with Gasteiger partial charge in [-0.15, -0.1) is 0 Å². The van der Waals surface area contributed by atoms with Gasteiger partial charge in [-0.3, -0.25) is 0 Å². The minimum Gasteiger partial charge on any atom is -0.472 e. The van der Waals surface area contributed by atoms with Crippen molar-refractivity contribution in [3.05, 3.63) is 24.2 Å². The molecule has 0 saturated heterocycles. The molecule has 3 atom stereocenters. The van der Waals surface area contributed by atoms with Crippen LogP contribution in [0.1, 0.15) is 45.6 Å². The summed E-state index contributed by atoms with van der Waals surface area (Å²) in [5.74, 6) is 1.35. The van der Waals surface area contributed by atoms with Gasteiger partial charge in [0.1, 0.15) is 0 Å². The molecule has 0 amide bonds. The fourth-order valence-electron chi connectivity index (χ4n) is 3.17. The largest absolute Gasteiger partial charge is 0.472 e. The molecule has 0 aliphatic heterocycles. The zero-order valence-electron chi connectivity index (χ0n) is 10.6. The van der Waals surface area contributed by atoms with Crippen LogP contribution < -0.4 is 5.73 Å². The van der Waals surface area contributed by atoms with E-state index in [1.165, 1.54) is 18.4 Å². The van der Waals surface area contributed by atoms with Crippen LogP contribution in [0.15, 0.2) is 23.0 Å². The second kappa shape index (κ2) is 4.25. The van der Waals surface area contributed by atoms with E-state index >= 15 is 0 Å². The van der Waals surface area contributed by atoms with Gasteiger partial charge in [0.25, 0.3) is 0 Å². The maximum atomic E-state index is 6.33. The first-order valence-electron chi connectivity index (χ1n) is 6.30. The molecule has 0 spiro atoms. The van der Waals surface area contributed by atoms with Crippen molar-refractivity contribution in [3.63, 3.8) is 0 Å². The number of hydrogen-bond donors (Lipinski definition) is 1. The van der Waals surface area contributed by atoms with Crippen molar-refractivity contribution in [3.8, 4) is 0 Å². The molecule has 2 heteroatoms. The molecule has 0 aromatic carbocycles. The highest BCUT2D eigenvalue weighted by atomic mass is 16.3. The van der Waals surface area contributed by atoms with E-state index in [0.29, 0.717) is 12.0 Å². The lowest BCUT2D eigenvalue weighted by atomic mass is 9.64. The van der Waals surface area contributed by atoms with Gasteiger partial charge in [0, 0.05) is 6.04 Å². The molecule has 0 radical (unpaired) electrons. The Hall–Kier alpha value is -0.760. The Morgan fingerprint density at radius 2 is 2.12 bits per heavy atom. The lowest BCUT2D eigenvalue weighted by molar-refractivity contribution is 0.170. The molecule has 90 valence electrons. The quantitative estimate of drug-likeness (QED) is 0.832. The number of rotatable bonds is 2. The fraction of sp³-hybridized carbons (Fsp3) is 0.714. The van der Waals surface area contributed by atoms with E-state index < -0.39 is 0 Å². The van der Waals surface area contributed by atoms with Gasteiger partial charge in [0.15, 0.2) is 0 Å². The molecule has 3 unspecified atom stereocenters. The molecular formula is C14H23NO. The molecule has 1 heterocycles. The Morgan fingerprint density at radius 1 is 1.38 bits per heavy atom. The molecule has 2 nitrogen and oxygen atoms in total. The molecule has 2 rings (SSSR count). The van der Waals surface area contributed by atoms with Gasteiger partial charge in [-0.2, -0.15) is 0 Å². The summed E-state index contributed by atoms with van der Waals surface area (Å²) in [7, 11) is 0. The molecule has 1 aromatic heterocycles. The van der Waals surface area contributed by atoms with Gasteiger partial charge in [0.05, 0.1) is 12.5 Å². The summed E-state index contributed by atoms with van der Waals surface area (Å²) in [6.07, 6.45) is 7.32. The minimum absolute atomic E-state index is 0.132. The van der Waals surface area contributed by atoms with Crippen molar-refractivity contribution in [1.29, 1.82) is 0 Å². The van der Waals surface area contributed by atoms with Gasteiger partial charge in [0.2, 0.25) is 0 Å². The van der Waals surface area contributed by atoms with Crippen LogP contribution in [0.5, 0.6) is 0 Å². The lowest BCUT2D eigenvalue weighted by Crippen LogP contribution is -2.45. The van der Waals surface area contributed by atoms with Gasteiger partial charge < -0.3 is 10.2 Å². The third-order valence-electron chi connectivity index (χ3n) is 4.35. The van der Waals surface area contributed by atoms with Crippen LogP contribution in [0.25, 0.3) is 0 Å². The van der Waals surface area contributed by atoms with E-state index in [1.807, 2.05) is 6.26 Å². The highest BCUT2D eigenvalue weighted by molar-refractivity contribution is 5.20. The van der Waals surface area contributed by atoms with E-state index in [-0.39, 0.29) is 5.41 Å². The van der Waals surface area contributed by atoms with Crippen molar-refractivity contribution in [2.24, 2.45) is 17.6 Å². The standard InChI is InChI=1S/C14H23NO/c1-10-4-5-12(13(15)8-10)14(2,3)11-6-7-16-9-11/h6-7,9-10,12-13H,4-5,8,15H2,1-3H3. The molecule has 1 aromatic rings. The number of hydrogen-bond acceptors (Lipinski definition) is 2. The van der Waals surface area contributed by atoms with E-state index in [1.54, 1.807) is 6.26 Å². The number of nitrogens with two attached hydrogens (primary N) is 1. The molecule has 16 heavy (non-hydrogen) atoms. The van der Waals surface area contributed by atoms with Crippen LogP contribution in [0.3, 0.4) is 0 Å². The summed E-state index contributed by atoms with van der Waals surface area (Å²) in [4.78, 5) is 0. The Morgan fingerprint density at radius 3 is 2.69 bits per heavy atom. The first-order chi connectivity index (χ1) is 7.51. The van der Waals surface area contributed by atoms with Gasteiger partial charge in [-0.1, -0.05) is 27.2 Å². The molecule has 1 aliphatic carbocycles. The van der Waals surface area contributed by atoms with Crippen LogP contribution >= 0.6 is 0 Å². The summed E-state index contributed by atoms with van der Waals surface area (Å²) >= 11 is 0. The highest BCUT2D eigenvalue weighted by Crippen LogP contribution is 2.41. The third kappa shape index (κ3) is 2.03. The van der Waals surface area contributed by atoms with Crippen LogP contribution in [0.2, 0.25) is 0 Å². The van der Waals surface area contributed by atoms with Gasteiger partial charge in [-0.05, 0) is 41.7 Å². The third-order valence-corrected chi connectivity index (χ3v) is 4.35. The fourth-order valence-corrected chi connectivity index (χ4v) is 3.17. The summed E-state index contributed by atoms with van der Waals surface area (Å²) < 4.78 is 5.21. The maximum absolute atomic E-state index is 6.33. The first-order valence-corrected chi connectivity index (χ1v) is 6.30. The Bertz CT molecular complexity index is 329. The van der Waals surface area contributed by atoms with Gasteiger partial charge in [-0.25, -0.2) is 0 Å². The van der Waals surface area contributed by atoms with E-state index in [2.05, 4.69) is 26.8 Å². The van der Waals surface area contributed by atoms with Crippen LogP contribution in [-0.2, 0) is 5.41 Å². The van der Waals surface area contributed by atoms with Gasteiger partial charge >= 0.3 is 0 Å². The molecule has 1 fully saturated rings. The monoisotopic (exact) mass is 221 g/mol. The molecule has 1 saturated carbocycles. The summed E-state index contributed by atoms with van der Waals surface area (Å²) in [5.41, 5.74) is 7.74. The normalized spacial score (nSPS) is 31.6. The van der Waals surface area contributed by atoms with E-state index in [4.69, 9.17) is 10.2 Å². The van der Waals surface area contributed by atoms with Crippen LogP contribution in [-0.4, -0.2) is 6.04 Å². The average molecular weight is 221 g/mol. The highest BCUT2D eigenvalue weighted by Gasteiger charge is 2.38. The van der Waals surface area contributed by atoms with Crippen LogP contribution in [0, 0.1) is 11.8 Å². The van der Waals surface area contributed by atoms with Crippen molar-refractivity contribution in [2.45, 2.75) is 51.5 Å². The second-order valence-electron chi connectivity index (χ2n) is 5.92. The minimum atomic E-state index is 0.132. The zero-order valence-corrected chi connectivity index (χ0v) is 10.6. The second-order valence-corrected chi connectivity index (χ2v) is 5.92. The predicted octanol–water partition coefficient (Wildman–Crippen LogP) is 3.32. The summed E-state index contributed by atoms with van der Waals surface area (Å²) in [6.45, 7) is 6.89. The Balaban J connectivity index is 2.17. The molecular weight excluding hydrogens is 198 g/mol. The Labute approximate surface area is 98.2 Å². The lowest BCUT2D eigenvalue weighted by Gasteiger charge is -2.42. The zero-order chi connectivity index (χ0) is 11.8. The smallest absolute Gasteiger partial charge is 0.0940 e. The average Bonchev–Trinajstić information content (AvgIpc) is 2.69. The van der Waals surface area contributed by atoms with Crippen molar-refractivity contribution < 1.29 is 4.42 Å². The summed E-state index contributed by atoms with van der Waals surface area (Å²) in [6, 6.07) is 2.40. The predicted molar refractivity (Wildman–Crippen MR) is 66.2 cm³/mol. The maximum Gasteiger partial charge on any atom is 0.0940 e. The van der Waals surface area contributed by atoms with Crippen molar-refractivity contribution in [2.75, 3.05) is 0 Å². The van der Waals surface area contributed by atoms with Crippen molar-refractivity contribution in [1.82, 2.24) is 0 Å². The summed E-state index contributed by atoms with van der Waals surface area (Å²) in [5, 5.41) is 0. The van der Waals surface area contributed by atoms with E-state index in [0.717, 1.165) is 12.3 Å².